The molecule has 0 unspecified atom stereocenters. The molecule has 0 aliphatic rings. The molecule has 0 saturated heterocycles. The molecule has 0 aromatic carbocycles. The van der Waals surface area contributed by atoms with E-state index < -0.39 is 0 Å². The summed E-state index contributed by atoms with van der Waals surface area (Å²) in [5, 5.41) is 2.64. The van der Waals surface area contributed by atoms with E-state index in [1.54, 1.807) is 12.3 Å². The molecule has 0 atom stereocenters. The summed E-state index contributed by atoms with van der Waals surface area (Å²) in [6.45, 7) is 1.91. The van der Waals surface area contributed by atoms with E-state index in [-0.39, 0.29) is 5.91 Å². The monoisotopic (exact) mass is 229 g/mol. The topological polar surface area (TPSA) is 74.8 Å². The van der Waals surface area contributed by atoms with E-state index >= 15 is 0 Å². The number of carbonyl (C=O) groups excluding carboxylic acids is 2. The van der Waals surface area contributed by atoms with Crippen LogP contribution >= 0.6 is 0 Å². The van der Waals surface area contributed by atoms with Gasteiger partial charge in [0.25, 0.3) is 5.91 Å². The van der Waals surface area contributed by atoms with Crippen LogP contribution in [0.1, 0.15) is 26.4 Å². The Labute approximate surface area is 97.9 Å². The van der Waals surface area contributed by atoms with Gasteiger partial charge in [-0.1, -0.05) is 0 Å². The maximum Gasteiger partial charge on any atom is 0.273 e. The Kier molecular flexibility index (Phi) is 3.00. The number of aromatic nitrogens is 2. The zero-order valence-electron chi connectivity index (χ0n) is 9.23. The van der Waals surface area contributed by atoms with Crippen molar-refractivity contribution >= 4 is 18.0 Å². The number of nitrogens with zero attached hydrogens (tertiary/aromatic N) is 1. The number of aryl methyl sites for hydroxylation is 1. The number of pyridine rings is 1. The van der Waals surface area contributed by atoms with Gasteiger partial charge in [-0.3, -0.25) is 9.59 Å². The molecule has 86 valence electrons. The van der Waals surface area contributed by atoms with Gasteiger partial charge >= 0.3 is 0 Å². The van der Waals surface area contributed by atoms with Crippen molar-refractivity contribution in [2.45, 2.75) is 6.92 Å². The number of hydrogen-bond acceptors (Lipinski definition) is 3. The second-order valence-electron chi connectivity index (χ2n) is 3.64. The number of aromatic amines is 1. The second-order valence-corrected chi connectivity index (χ2v) is 3.64. The summed E-state index contributed by atoms with van der Waals surface area (Å²) < 4.78 is 0. The third-order valence-corrected chi connectivity index (χ3v) is 2.24. The molecule has 0 fully saturated rings. The molecule has 2 heterocycles. The highest BCUT2D eigenvalue weighted by molar-refractivity contribution is 6.03. The molecular formula is C12H11N3O2. The first kappa shape index (κ1) is 11.1. The molecule has 5 nitrogen and oxygen atoms in total. The Hall–Kier alpha value is -2.43. The molecule has 0 radical (unpaired) electrons. The average Bonchev–Trinajstić information content (AvgIpc) is 2.77. The van der Waals surface area contributed by atoms with Crippen molar-refractivity contribution < 1.29 is 9.59 Å². The van der Waals surface area contributed by atoms with E-state index in [0.29, 0.717) is 23.4 Å². The molecule has 0 aliphatic carbocycles. The standard InChI is InChI=1S/C12H11N3O2/c1-8-2-3-13-11(4-8)15-12(17)10-5-9(7-16)6-14-10/h2-7,14H,1H3,(H,13,15,17). The van der Waals surface area contributed by atoms with Crippen LogP contribution in [0, 0.1) is 6.92 Å². The number of aldehydes is 1. The Morgan fingerprint density at radius 2 is 2.29 bits per heavy atom. The zero-order valence-corrected chi connectivity index (χ0v) is 9.23. The lowest BCUT2D eigenvalue weighted by atomic mass is 10.3. The number of nitrogens with one attached hydrogen (secondary N) is 2. The summed E-state index contributed by atoms with van der Waals surface area (Å²) in [5.41, 5.74) is 1.78. The molecule has 2 aromatic rings. The predicted molar refractivity (Wildman–Crippen MR) is 63.1 cm³/mol. The largest absolute Gasteiger partial charge is 0.356 e. The van der Waals surface area contributed by atoms with Crippen LogP contribution in [0.3, 0.4) is 0 Å². The van der Waals surface area contributed by atoms with Crippen LogP contribution < -0.4 is 5.32 Å². The molecule has 2 rings (SSSR count). The predicted octanol–water partition coefficient (Wildman–Crippen LogP) is 1.78. The number of amides is 1. The van der Waals surface area contributed by atoms with E-state index in [9.17, 15) is 9.59 Å². The lowest BCUT2D eigenvalue weighted by Gasteiger charge is -2.02. The third-order valence-electron chi connectivity index (χ3n) is 2.24. The molecule has 5 heteroatoms. The van der Waals surface area contributed by atoms with E-state index in [4.69, 9.17) is 0 Å². The molecule has 1 amide bonds. The number of carbonyl (C=O) groups is 2. The van der Waals surface area contributed by atoms with Crippen molar-refractivity contribution in [3.05, 3.63) is 47.4 Å². The summed E-state index contributed by atoms with van der Waals surface area (Å²) in [6, 6.07) is 5.09. The van der Waals surface area contributed by atoms with Crippen LogP contribution in [-0.2, 0) is 0 Å². The fraction of sp³-hybridized carbons (Fsp3) is 0.0833. The second kappa shape index (κ2) is 4.61. The molecule has 2 N–H and O–H groups in total. The van der Waals surface area contributed by atoms with E-state index in [2.05, 4.69) is 15.3 Å². The maximum atomic E-state index is 11.8. The minimum atomic E-state index is -0.323. The van der Waals surface area contributed by atoms with Crippen molar-refractivity contribution in [1.29, 1.82) is 0 Å². The van der Waals surface area contributed by atoms with Crippen molar-refractivity contribution in [1.82, 2.24) is 9.97 Å². The highest BCUT2D eigenvalue weighted by Gasteiger charge is 2.09. The van der Waals surface area contributed by atoms with Crippen LogP contribution in [0.5, 0.6) is 0 Å². The SMILES string of the molecule is Cc1ccnc(NC(=O)c2cc(C=O)c[nH]2)c1. The first-order valence-electron chi connectivity index (χ1n) is 5.06. The van der Waals surface area contributed by atoms with Crippen molar-refractivity contribution in [2.24, 2.45) is 0 Å². The zero-order chi connectivity index (χ0) is 12.3. The molecular weight excluding hydrogens is 218 g/mol. The Morgan fingerprint density at radius 1 is 1.47 bits per heavy atom. The Morgan fingerprint density at radius 3 is 2.94 bits per heavy atom. The van der Waals surface area contributed by atoms with Crippen molar-refractivity contribution in [2.75, 3.05) is 5.32 Å². The summed E-state index contributed by atoms with van der Waals surface area (Å²) in [4.78, 5) is 29.0. The van der Waals surface area contributed by atoms with Gasteiger partial charge < -0.3 is 10.3 Å². The summed E-state index contributed by atoms with van der Waals surface area (Å²) in [5.74, 6) is 0.161. The van der Waals surface area contributed by atoms with Crippen molar-refractivity contribution in [3.8, 4) is 0 Å². The fourth-order valence-corrected chi connectivity index (χ4v) is 1.40. The smallest absolute Gasteiger partial charge is 0.273 e. The first-order chi connectivity index (χ1) is 8.19. The summed E-state index contributed by atoms with van der Waals surface area (Å²) in [6.07, 6.45) is 3.78. The minimum absolute atomic E-state index is 0.323. The van der Waals surface area contributed by atoms with E-state index in [1.165, 1.54) is 12.3 Å². The lowest BCUT2D eigenvalue weighted by Crippen LogP contribution is -2.13. The van der Waals surface area contributed by atoms with Crippen LogP contribution in [0.2, 0.25) is 0 Å². The summed E-state index contributed by atoms with van der Waals surface area (Å²) in [7, 11) is 0. The quantitative estimate of drug-likeness (QED) is 0.788. The van der Waals surface area contributed by atoms with Gasteiger partial charge in [0, 0.05) is 18.0 Å². The van der Waals surface area contributed by atoms with E-state index in [1.807, 2.05) is 13.0 Å². The highest BCUT2D eigenvalue weighted by Crippen LogP contribution is 2.08. The normalized spacial score (nSPS) is 9.94. The number of rotatable bonds is 3. The van der Waals surface area contributed by atoms with Gasteiger partial charge in [0.1, 0.15) is 11.5 Å². The van der Waals surface area contributed by atoms with Crippen LogP contribution in [0.15, 0.2) is 30.6 Å². The van der Waals surface area contributed by atoms with Gasteiger partial charge in [0.05, 0.1) is 0 Å². The Bertz CT molecular complexity index is 560. The van der Waals surface area contributed by atoms with Gasteiger partial charge in [-0.15, -0.1) is 0 Å². The van der Waals surface area contributed by atoms with Gasteiger partial charge in [0.15, 0.2) is 6.29 Å². The van der Waals surface area contributed by atoms with Crippen LogP contribution in [-0.4, -0.2) is 22.2 Å². The molecule has 0 aliphatic heterocycles. The van der Waals surface area contributed by atoms with Gasteiger partial charge in [-0.2, -0.15) is 0 Å². The van der Waals surface area contributed by atoms with Crippen LogP contribution in [0.4, 0.5) is 5.82 Å². The fourth-order valence-electron chi connectivity index (χ4n) is 1.40. The molecule has 0 bridgehead atoms. The first-order valence-corrected chi connectivity index (χ1v) is 5.06. The summed E-state index contributed by atoms with van der Waals surface area (Å²) >= 11 is 0. The number of hydrogen-bond donors (Lipinski definition) is 2. The Balaban J connectivity index is 2.14. The molecule has 0 spiro atoms. The molecule has 2 aromatic heterocycles. The maximum absolute atomic E-state index is 11.8. The number of anilines is 1. The molecule has 0 saturated carbocycles. The third kappa shape index (κ3) is 2.57. The van der Waals surface area contributed by atoms with Gasteiger partial charge in [-0.05, 0) is 30.7 Å². The highest BCUT2D eigenvalue weighted by atomic mass is 16.2. The minimum Gasteiger partial charge on any atom is -0.356 e. The average molecular weight is 229 g/mol. The lowest BCUT2D eigenvalue weighted by molar-refractivity contribution is 0.102. The van der Waals surface area contributed by atoms with Crippen molar-refractivity contribution in [3.63, 3.8) is 0 Å². The number of H-pyrrole nitrogens is 1. The molecule has 17 heavy (non-hydrogen) atoms. The van der Waals surface area contributed by atoms with E-state index in [0.717, 1.165) is 5.56 Å². The van der Waals surface area contributed by atoms with Gasteiger partial charge in [-0.25, -0.2) is 4.98 Å². The van der Waals surface area contributed by atoms with Gasteiger partial charge in [0.2, 0.25) is 0 Å². The van der Waals surface area contributed by atoms with Crippen LogP contribution in [0.25, 0.3) is 0 Å².